The molecule has 4 nitrogen and oxygen atoms in total. The molecular weight excluding hydrogens is 368 g/mol. The quantitative estimate of drug-likeness (QED) is 0.650. The average molecular weight is 395 g/mol. The van der Waals surface area contributed by atoms with Crippen molar-refractivity contribution in [2.45, 2.75) is 39.7 Å². The van der Waals surface area contributed by atoms with Crippen LogP contribution in [0.1, 0.15) is 44.9 Å². The fourth-order valence-corrected chi connectivity index (χ4v) is 3.74. The van der Waals surface area contributed by atoms with Crippen molar-refractivity contribution < 1.29 is 9.59 Å². The van der Waals surface area contributed by atoms with Gasteiger partial charge in [-0.1, -0.05) is 30.3 Å². The molecule has 2 rings (SSSR count). The smallest absolute Gasteiger partial charge is 0.223 e. The third-order valence-corrected chi connectivity index (χ3v) is 5.07. The molecule has 0 spiro atoms. The minimum atomic E-state index is 0. The van der Waals surface area contributed by atoms with Crippen molar-refractivity contribution in [2.75, 3.05) is 13.1 Å². The number of carbonyl (C=O) groups is 2. The number of Topliss-reactive ketones (excluding diaryl/α,β-unsaturated/α-hetero) is 1. The molecule has 0 aliphatic carbocycles. The molecule has 1 aromatic carbocycles. The number of benzene rings is 1. The van der Waals surface area contributed by atoms with Crippen LogP contribution < -0.4 is 5.73 Å². The van der Waals surface area contributed by atoms with Crippen LogP contribution in [-0.4, -0.2) is 29.7 Å². The summed E-state index contributed by atoms with van der Waals surface area (Å²) < 4.78 is 0. The van der Waals surface area contributed by atoms with E-state index < -0.39 is 0 Å². The maximum Gasteiger partial charge on any atom is 0.223 e. The van der Waals surface area contributed by atoms with E-state index >= 15 is 0 Å². The Bertz CT molecular complexity index is 716. The van der Waals surface area contributed by atoms with Crippen LogP contribution >= 0.6 is 23.7 Å². The summed E-state index contributed by atoms with van der Waals surface area (Å²) in [5, 5.41) is 0. The number of nitrogens with two attached hydrogens (primary N) is 1. The largest absolute Gasteiger partial charge is 0.338 e. The first-order chi connectivity index (χ1) is 12.0. The molecule has 6 heteroatoms. The highest BCUT2D eigenvalue weighted by atomic mass is 35.5. The van der Waals surface area contributed by atoms with Gasteiger partial charge >= 0.3 is 0 Å². The number of nitrogens with zero attached hydrogens (tertiary/aromatic N) is 1. The number of thiophene rings is 1. The molecule has 0 radical (unpaired) electrons. The number of rotatable bonds is 9. The van der Waals surface area contributed by atoms with E-state index in [1.165, 1.54) is 0 Å². The number of ketones is 1. The van der Waals surface area contributed by atoms with Crippen LogP contribution in [0.2, 0.25) is 0 Å². The fraction of sp³-hybridized carbons (Fsp3) is 0.400. The van der Waals surface area contributed by atoms with E-state index in [2.05, 4.69) is 0 Å². The van der Waals surface area contributed by atoms with Crippen molar-refractivity contribution >= 4 is 35.4 Å². The monoisotopic (exact) mass is 394 g/mol. The van der Waals surface area contributed by atoms with Crippen LogP contribution in [0.25, 0.3) is 0 Å². The van der Waals surface area contributed by atoms with Gasteiger partial charge in [-0.3, -0.25) is 9.59 Å². The SMILES string of the molecule is Cc1cc(C(=O)CCC(=O)N(CCCN)Cc2ccccc2)c(C)s1.Cl. The number of amides is 1. The van der Waals surface area contributed by atoms with Crippen LogP contribution in [0, 0.1) is 13.8 Å². The maximum atomic E-state index is 12.6. The van der Waals surface area contributed by atoms with Crippen molar-refractivity contribution in [1.29, 1.82) is 0 Å². The second-order valence-electron chi connectivity index (χ2n) is 6.19. The second-order valence-corrected chi connectivity index (χ2v) is 7.65. The summed E-state index contributed by atoms with van der Waals surface area (Å²) in [4.78, 5) is 29.0. The van der Waals surface area contributed by atoms with Gasteiger partial charge in [0.2, 0.25) is 5.91 Å². The van der Waals surface area contributed by atoms with E-state index in [1.807, 2.05) is 50.2 Å². The summed E-state index contributed by atoms with van der Waals surface area (Å²) in [5.74, 6) is 0.0592. The van der Waals surface area contributed by atoms with Crippen LogP contribution in [0.5, 0.6) is 0 Å². The van der Waals surface area contributed by atoms with Crippen LogP contribution in [0.4, 0.5) is 0 Å². The predicted molar refractivity (Wildman–Crippen MR) is 110 cm³/mol. The molecule has 0 saturated heterocycles. The van der Waals surface area contributed by atoms with Gasteiger partial charge in [0, 0.05) is 41.2 Å². The Labute approximate surface area is 165 Å². The van der Waals surface area contributed by atoms with Crippen LogP contribution in [-0.2, 0) is 11.3 Å². The Kier molecular flexibility index (Phi) is 9.55. The summed E-state index contributed by atoms with van der Waals surface area (Å²) in [7, 11) is 0. The van der Waals surface area contributed by atoms with Crippen molar-refractivity contribution in [1.82, 2.24) is 4.90 Å². The molecule has 2 N–H and O–H groups in total. The lowest BCUT2D eigenvalue weighted by Crippen LogP contribution is -2.32. The van der Waals surface area contributed by atoms with Crippen molar-refractivity contribution in [3.8, 4) is 0 Å². The van der Waals surface area contributed by atoms with Crippen LogP contribution in [0.15, 0.2) is 36.4 Å². The Morgan fingerprint density at radius 1 is 1.12 bits per heavy atom. The zero-order chi connectivity index (χ0) is 18.2. The molecule has 1 amide bonds. The minimum Gasteiger partial charge on any atom is -0.338 e. The molecule has 0 bridgehead atoms. The standard InChI is InChI=1S/C20H26N2O2S.ClH/c1-15-13-18(16(2)25-15)19(23)9-10-20(24)22(12-6-11-21)14-17-7-4-3-5-8-17;/h3-5,7-8,13H,6,9-12,14,21H2,1-2H3;1H. The van der Waals surface area contributed by atoms with Gasteiger partial charge in [0.15, 0.2) is 5.78 Å². The second kappa shape index (κ2) is 11.1. The maximum absolute atomic E-state index is 12.6. The van der Waals surface area contributed by atoms with Gasteiger partial charge in [0.25, 0.3) is 0 Å². The predicted octanol–water partition coefficient (Wildman–Crippen LogP) is 4.13. The van der Waals surface area contributed by atoms with Crippen molar-refractivity contribution in [3.05, 3.63) is 57.3 Å². The highest BCUT2D eigenvalue weighted by Crippen LogP contribution is 2.22. The third kappa shape index (κ3) is 6.56. The van der Waals surface area contributed by atoms with E-state index in [4.69, 9.17) is 5.73 Å². The van der Waals surface area contributed by atoms with Gasteiger partial charge in [-0.05, 0) is 38.4 Å². The summed E-state index contributed by atoms with van der Waals surface area (Å²) >= 11 is 1.62. The number of hydrogen-bond acceptors (Lipinski definition) is 4. The van der Waals surface area contributed by atoms with E-state index in [0.717, 1.165) is 27.3 Å². The Morgan fingerprint density at radius 2 is 1.81 bits per heavy atom. The molecule has 26 heavy (non-hydrogen) atoms. The molecule has 0 aliphatic rings. The third-order valence-electron chi connectivity index (χ3n) is 4.11. The summed E-state index contributed by atoms with van der Waals surface area (Å²) in [6.07, 6.45) is 1.25. The number of aryl methyl sites for hydroxylation is 2. The Morgan fingerprint density at radius 3 is 2.38 bits per heavy atom. The van der Waals surface area contributed by atoms with E-state index in [-0.39, 0.29) is 36.9 Å². The topological polar surface area (TPSA) is 63.4 Å². The van der Waals surface area contributed by atoms with Gasteiger partial charge in [0.1, 0.15) is 0 Å². The lowest BCUT2D eigenvalue weighted by atomic mass is 10.1. The molecule has 0 saturated carbocycles. The van der Waals surface area contributed by atoms with Gasteiger partial charge < -0.3 is 10.6 Å². The molecule has 142 valence electrons. The highest BCUT2D eigenvalue weighted by molar-refractivity contribution is 7.12. The first-order valence-electron chi connectivity index (χ1n) is 8.63. The van der Waals surface area contributed by atoms with E-state index in [0.29, 0.717) is 19.6 Å². The molecule has 0 atom stereocenters. The molecule has 1 heterocycles. The Balaban J connectivity index is 0.00000338. The Hall–Kier alpha value is -1.69. The van der Waals surface area contributed by atoms with Gasteiger partial charge in [-0.15, -0.1) is 23.7 Å². The van der Waals surface area contributed by atoms with E-state index in [1.54, 1.807) is 16.2 Å². The lowest BCUT2D eigenvalue weighted by molar-refractivity contribution is -0.131. The summed E-state index contributed by atoms with van der Waals surface area (Å²) in [5.41, 5.74) is 7.44. The molecule has 2 aromatic rings. The van der Waals surface area contributed by atoms with Gasteiger partial charge in [-0.2, -0.15) is 0 Å². The van der Waals surface area contributed by atoms with Gasteiger partial charge in [-0.25, -0.2) is 0 Å². The highest BCUT2D eigenvalue weighted by Gasteiger charge is 2.17. The fourth-order valence-electron chi connectivity index (χ4n) is 2.80. The molecule has 1 aromatic heterocycles. The van der Waals surface area contributed by atoms with Gasteiger partial charge in [0.05, 0.1) is 0 Å². The summed E-state index contributed by atoms with van der Waals surface area (Å²) in [6.45, 7) is 5.67. The first-order valence-corrected chi connectivity index (χ1v) is 9.45. The normalized spacial score (nSPS) is 10.3. The molecule has 0 fully saturated rings. The minimum absolute atomic E-state index is 0. The lowest BCUT2D eigenvalue weighted by Gasteiger charge is -2.22. The number of carbonyl (C=O) groups excluding carboxylic acids is 2. The summed E-state index contributed by atoms with van der Waals surface area (Å²) in [6, 6.07) is 11.8. The van der Waals surface area contributed by atoms with Crippen molar-refractivity contribution in [3.63, 3.8) is 0 Å². The van der Waals surface area contributed by atoms with Crippen LogP contribution in [0.3, 0.4) is 0 Å². The zero-order valence-electron chi connectivity index (χ0n) is 15.4. The number of hydrogen-bond donors (Lipinski definition) is 1. The first kappa shape index (κ1) is 22.4. The molecule has 0 aliphatic heterocycles. The van der Waals surface area contributed by atoms with Crippen molar-refractivity contribution in [2.24, 2.45) is 5.73 Å². The molecular formula is C20H27ClN2O2S. The zero-order valence-corrected chi connectivity index (χ0v) is 17.0. The number of halogens is 1. The molecule has 0 unspecified atom stereocenters. The average Bonchev–Trinajstić information content (AvgIpc) is 2.95. The van der Waals surface area contributed by atoms with E-state index in [9.17, 15) is 9.59 Å².